The number of hydrogen-bond acceptors (Lipinski definition) is 6. The van der Waals surface area contributed by atoms with E-state index in [9.17, 15) is 13.2 Å². The molecule has 7 nitrogen and oxygen atoms in total. The molecule has 0 spiro atoms. The lowest BCUT2D eigenvalue weighted by Gasteiger charge is -2.23. The quantitative estimate of drug-likeness (QED) is 0.488. The molecule has 2 aromatic heterocycles. The summed E-state index contributed by atoms with van der Waals surface area (Å²) in [4.78, 5) is 21.8. The molecule has 1 amide bonds. The van der Waals surface area contributed by atoms with Crippen molar-refractivity contribution in [1.29, 1.82) is 0 Å². The number of nitrogens with one attached hydrogen (secondary N) is 1. The fourth-order valence-electron chi connectivity index (χ4n) is 3.06. The van der Waals surface area contributed by atoms with Crippen LogP contribution in [0.3, 0.4) is 0 Å². The molecule has 152 valence electrons. The zero-order chi connectivity index (χ0) is 21.1. The number of carbonyl (C=O) groups excluding carboxylic acids is 1. The van der Waals surface area contributed by atoms with E-state index in [4.69, 9.17) is 0 Å². The van der Waals surface area contributed by atoms with Crippen molar-refractivity contribution in [3.05, 3.63) is 77.9 Å². The third-order valence-corrected chi connectivity index (χ3v) is 7.27. The van der Waals surface area contributed by atoms with Crippen LogP contribution in [0.4, 0.5) is 11.5 Å². The van der Waals surface area contributed by atoms with Crippen LogP contribution in [0.5, 0.6) is 0 Å². The van der Waals surface area contributed by atoms with Crippen molar-refractivity contribution >= 4 is 49.0 Å². The van der Waals surface area contributed by atoms with E-state index in [0.29, 0.717) is 23.6 Å². The topological polar surface area (TPSA) is 92.3 Å². The van der Waals surface area contributed by atoms with Crippen LogP contribution >= 0.6 is 11.3 Å². The first-order valence-electron chi connectivity index (χ1n) is 9.18. The van der Waals surface area contributed by atoms with E-state index >= 15 is 0 Å². The third-order valence-electron chi connectivity index (χ3n) is 4.53. The van der Waals surface area contributed by atoms with Crippen molar-refractivity contribution < 1.29 is 13.2 Å². The van der Waals surface area contributed by atoms with Crippen molar-refractivity contribution in [3.8, 4) is 0 Å². The second-order valence-corrected chi connectivity index (χ2v) is 9.10. The molecule has 9 heteroatoms. The number of amides is 1. The first-order chi connectivity index (χ1) is 14.5. The van der Waals surface area contributed by atoms with Crippen LogP contribution in [0.15, 0.2) is 77.3 Å². The lowest BCUT2D eigenvalue weighted by Crippen LogP contribution is -2.30. The minimum Gasteiger partial charge on any atom is -0.306 e. The van der Waals surface area contributed by atoms with Crippen LogP contribution in [0.25, 0.3) is 10.2 Å². The first kappa shape index (κ1) is 20.0. The third kappa shape index (κ3) is 3.77. The largest absolute Gasteiger partial charge is 0.306 e. The van der Waals surface area contributed by atoms with Crippen molar-refractivity contribution in [2.45, 2.75) is 11.8 Å². The number of para-hydroxylation sites is 1. The van der Waals surface area contributed by atoms with Gasteiger partial charge in [0, 0.05) is 12.1 Å². The Morgan fingerprint density at radius 1 is 1.03 bits per heavy atom. The van der Waals surface area contributed by atoms with Gasteiger partial charge >= 0.3 is 0 Å². The summed E-state index contributed by atoms with van der Waals surface area (Å²) in [7, 11) is -3.74. The Bertz CT molecular complexity index is 1290. The molecule has 4 aromatic rings. The van der Waals surface area contributed by atoms with E-state index in [1.54, 1.807) is 31.2 Å². The van der Waals surface area contributed by atoms with E-state index in [2.05, 4.69) is 15.3 Å². The van der Waals surface area contributed by atoms with Gasteiger partial charge < -0.3 is 5.32 Å². The van der Waals surface area contributed by atoms with Crippen molar-refractivity contribution in [1.82, 2.24) is 9.97 Å². The van der Waals surface area contributed by atoms with Gasteiger partial charge in [-0.3, -0.25) is 9.10 Å². The number of nitrogens with zero attached hydrogens (tertiary/aromatic N) is 3. The Morgan fingerprint density at radius 3 is 2.47 bits per heavy atom. The highest BCUT2D eigenvalue weighted by Gasteiger charge is 2.23. The predicted octanol–water partition coefficient (Wildman–Crippen LogP) is 4.16. The molecule has 1 N–H and O–H groups in total. The van der Waals surface area contributed by atoms with Gasteiger partial charge in [-0.15, -0.1) is 11.3 Å². The number of carbonyl (C=O) groups is 1. The van der Waals surface area contributed by atoms with E-state index < -0.39 is 10.0 Å². The van der Waals surface area contributed by atoms with Gasteiger partial charge in [0.1, 0.15) is 17.0 Å². The van der Waals surface area contributed by atoms with Gasteiger partial charge in [0.2, 0.25) is 0 Å². The fraction of sp³-hybridized carbons (Fsp3) is 0.0952. The number of fused-ring (bicyclic) bond motifs is 1. The summed E-state index contributed by atoms with van der Waals surface area (Å²) in [5.74, 6) is 0.0461. The summed E-state index contributed by atoms with van der Waals surface area (Å²) >= 11 is 1.46. The molecule has 2 aromatic carbocycles. The fourth-order valence-corrected chi connectivity index (χ4v) is 5.27. The number of thiophene rings is 1. The number of sulfonamides is 1. The Hall–Kier alpha value is -3.30. The number of benzene rings is 2. The smallest absolute Gasteiger partial charge is 0.264 e. The van der Waals surface area contributed by atoms with Gasteiger partial charge in [-0.2, -0.15) is 0 Å². The molecule has 0 aliphatic heterocycles. The number of anilines is 2. The van der Waals surface area contributed by atoms with Crippen LogP contribution in [0, 0.1) is 0 Å². The molecule has 2 heterocycles. The van der Waals surface area contributed by atoms with Crippen LogP contribution in [-0.4, -0.2) is 30.8 Å². The molecule has 0 aliphatic carbocycles. The summed E-state index contributed by atoms with van der Waals surface area (Å²) in [6.45, 7) is 2.07. The lowest BCUT2D eigenvalue weighted by molar-refractivity contribution is 0.102. The molecule has 0 fully saturated rings. The highest BCUT2D eigenvalue weighted by molar-refractivity contribution is 7.92. The predicted molar refractivity (Wildman–Crippen MR) is 118 cm³/mol. The summed E-state index contributed by atoms with van der Waals surface area (Å²) in [5.41, 5.74) is 0.920. The number of rotatable bonds is 6. The van der Waals surface area contributed by atoms with E-state index in [-0.39, 0.29) is 10.8 Å². The first-order valence-corrected chi connectivity index (χ1v) is 11.5. The van der Waals surface area contributed by atoms with E-state index in [1.165, 1.54) is 46.2 Å². The number of hydrogen-bond donors (Lipinski definition) is 1. The van der Waals surface area contributed by atoms with Crippen molar-refractivity contribution in [2.75, 3.05) is 16.2 Å². The monoisotopic (exact) mass is 438 g/mol. The Morgan fingerprint density at radius 2 is 1.77 bits per heavy atom. The lowest BCUT2D eigenvalue weighted by atomic mass is 10.2. The zero-order valence-electron chi connectivity index (χ0n) is 16.0. The van der Waals surface area contributed by atoms with Gasteiger partial charge in [0.25, 0.3) is 15.9 Å². The summed E-state index contributed by atoms with van der Waals surface area (Å²) < 4.78 is 27.5. The second-order valence-electron chi connectivity index (χ2n) is 6.35. The summed E-state index contributed by atoms with van der Waals surface area (Å²) in [6, 6.07) is 16.6. The maximum Gasteiger partial charge on any atom is 0.264 e. The van der Waals surface area contributed by atoms with Gasteiger partial charge in [-0.05, 0) is 54.8 Å². The standard InChI is InChI=1S/C21H18N4O3S2/c1-2-25(16-6-4-3-5-7-16)30(27,28)17-10-8-15(9-11-17)20(26)24-19-18-12-13-29-21(18)23-14-22-19/h3-14H,2H2,1H3,(H,22,23,24,26). The molecule has 0 bridgehead atoms. The van der Waals surface area contributed by atoms with Crippen LogP contribution in [-0.2, 0) is 10.0 Å². The molecule has 0 saturated carbocycles. The average Bonchev–Trinajstić information content (AvgIpc) is 3.25. The Kier molecular flexibility index (Phi) is 5.47. The zero-order valence-corrected chi connectivity index (χ0v) is 17.7. The average molecular weight is 439 g/mol. The Labute approximate surface area is 178 Å². The highest BCUT2D eigenvalue weighted by atomic mass is 32.2. The molecule has 30 heavy (non-hydrogen) atoms. The molecular weight excluding hydrogens is 420 g/mol. The summed E-state index contributed by atoms with van der Waals surface area (Å²) in [6.07, 6.45) is 1.40. The number of aromatic nitrogens is 2. The van der Waals surface area contributed by atoms with Crippen LogP contribution in [0.1, 0.15) is 17.3 Å². The normalized spacial score (nSPS) is 11.4. The van der Waals surface area contributed by atoms with E-state index in [1.807, 2.05) is 17.5 Å². The molecule has 0 radical (unpaired) electrons. The second kappa shape index (κ2) is 8.21. The minimum absolute atomic E-state index is 0.118. The molecule has 0 saturated heterocycles. The van der Waals surface area contributed by atoms with Gasteiger partial charge in [-0.25, -0.2) is 18.4 Å². The molecule has 0 unspecified atom stereocenters. The summed E-state index contributed by atoms with van der Waals surface area (Å²) in [5, 5.41) is 5.40. The molecule has 4 rings (SSSR count). The van der Waals surface area contributed by atoms with E-state index in [0.717, 1.165) is 10.2 Å². The molecular formula is C21H18N4O3S2. The highest BCUT2D eigenvalue weighted by Crippen LogP contribution is 2.25. The minimum atomic E-state index is -3.74. The maximum atomic E-state index is 13.1. The molecule has 0 atom stereocenters. The van der Waals surface area contributed by atoms with Crippen molar-refractivity contribution in [2.24, 2.45) is 0 Å². The van der Waals surface area contributed by atoms with Gasteiger partial charge in [0.05, 0.1) is 16.0 Å². The SMILES string of the molecule is CCN(c1ccccc1)S(=O)(=O)c1ccc(C(=O)Nc2ncnc3sccc23)cc1. The van der Waals surface area contributed by atoms with Gasteiger partial charge in [-0.1, -0.05) is 18.2 Å². The van der Waals surface area contributed by atoms with Crippen molar-refractivity contribution in [3.63, 3.8) is 0 Å². The Balaban J connectivity index is 1.57. The van der Waals surface area contributed by atoms with Gasteiger partial charge in [0.15, 0.2) is 0 Å². The van der Waals surface area contributed by atoms with Crippen LogP contribution < -0.4 is 9.62 Å². The molecule has 0 aliphatic rings. The van der Waals surface area contributed by atoms with Crippen LogP contribution in [0.2, 0.25) is 0 Å². The maximum absolute atomic E-state index is 13.1.